The summed E-state index contributed by atoms with van der Waals surface area (Å²) < 4.78 is 22.9. The summed E-state index contributed by atoms with van der Waals surface area (Å²) >= 11 is 0. The maximum absolute atomic E-state index is 11.9. The number of esters is 1. The Bertz CT molecular complexity index is 442. The normalized spacial score (nSPS) is 34.8. The lowest BCUT2D eigenvalue weighted by Gasteiger charge is -2.41. The molecular formula is C16H30O6Si. The molecule has 5 atom stereocenters. The minimum Gasteiger partial charge on any atom is -0.458 e. The fourth-order valence-electron chi connectivity index (χ4n) is 3.34. The van der Waals surface area contributed by atoms with E-state index in [0.717, 1.165) is 0 Å². The van der Waals surface area contributed by atoms with Gasteiger partial charge in [0.2, 0.25) is 0 Å². The van der Waals surface area contributed by atoms with Gasteiger partial charge < -0.3 is 23.7 Å². The topological polar surface area (TPSA) is 74.2 Å². The van der Waals surface area contributed by atoms with E-state index in [2.05, 4.69) is 33.9 Å². The zero-order chi connectivity index (χ0) is 17.6. The zero-order valence-electron chi connectivity index (χ0n) is 15.2. The largest absolute Gasteiger partial charge is 0.458 e. The molecule has 1 aliphatic carbocycles. The fourth-order valence-corrected chi connectivity index (χ4v) is 4.68. The number of carbonyl (C=O) groups is 1. The molecule has 1 saturated heterocycles. The van der Waals surface area contributed by atoms with Gasteiger partial charge in [-0.05, 0) is 24.6 Å². The number of methoxy groups -OCH3 is 2. The van der Waals surface area contributed by atoms with Crippen LogP contribution in [0.25, 0.3) is 0 Å². The molecule has 134 valence electrons. The molecule has 1 N–H and O–H groups in total. The van der Waals surface area contributed by atoms with E-state index in [4.69, 9.17) is 18.6 Å². The highest BCUT2D eigenvalue weighted by atomic mass is 28.4. The minimum absolute atomic E-state index is 0.0342. The van der Waals surface area contributed by atoms with Crippen molar-refractivity contribution in [3.8, 4) is 0 Å². The van der Waals surface area contributed by atoms with Crippen molar-refractivity contribution in [2.24, 2.45) is 11.8 Å². The van der Waals surface area contributed by atoms with E-state index >= 15 is 0 Å². The second kappa shape index (κ2) is 6.44. The predicted molar refractivity (Wildman–Crippen MR) is 87.4 cm³/mol. The van der Waals surface area contributed by atoms with E-state index in [0.29, 0.717) is 6.42 Å². The fraction of sp³-hybridized carbons (Fsp3) is 0.938. The van der Waals surface area contributed by atoms with Gasteiger partial charge in [-0.15, -0.1) is 0 Å². The predicted octanol–water partition coefficient (Wildman–Crippen LogP) is 1.92. The van der Waals surface area contributed by atoms with Gasteiger partial charge in [0.25, 0.3) is 0 Å². The number of rotatable bonds is 5. The molecule has 2 rings (SSSR count). The summed E-state index contributed by atoms with van der Waals surface area (Å²) in [5, 5.41) is 10.3. The number of ether oxygens (including phenoxy) is 3. The van der Waals surface area contributed by atoms with Crippen molar-refractivity contribution < 1.29 is 28.5 Å². The third-order valence-electron chi connectivity index (χ3n) is 5.68. The van der Waals surface area contributed by atoms with Gasteiger partial charge >= 0.3 is 5.97 Å². The second-order valence-corrected chi connectivity index (χ2v) is 12.8. The van der Waals surface area contributed by atoms with E-state index in [1.54, 1.807) is 14.2 Å². The SMILES string of the molecule is COC(OC)[C@H]1[C@H]2C[C@H](OC(=O)[C@@H]2O)[C@@H]1O[Si](C)(C)C(C)(C)C. The summed E-state index contributed by atoms with van der Waals surface area (Å²) in [6.07, 6.45) is -1.75. The molecule has 7 heteroatoms. The van der Waals surface area contributed by atoms with Gasteiger partial charge in [0, 0.05) is 26.1 Å². The van der Waals surface area contributed by atoms with Gasteiger partial charge in [-0.2, -0.15) is 0 Å². The molecule has 23 heavy (non-hydrogen) atoms. The number of aliphatic hydroxyl groups is 1. The molecule has 1 heterocycles. The third kappa shape index (κ3) is 3.35. The van der Waals surface area contributed by atoms with Gasteiger partial charge in [0.05, 0.1) is 6.10 Å². The first kappa shape index (κ1) is 18.9. The van der Waals surface area contributed by atoms with Crippen LogP contribution >= 0.6 is 0 Å². The van der Waals surface area contributed by atoms with Crippen LogP contribution in [0.5, 0.6) is 0 Å². The maximum atomic E-state index is 11.9. The number of hydrogen-bond acceptors (Lipinski definition) is 6. The monoisotopic (exact) mass is 346 g/mol. The van der Waals surface area contributed by atoms with Gasteiger partial charge in [-0.3, -0.25) is 0 Å². The lowest BCUT2D eigenvalue weighted by molar-refractivity contribution is -0.173. The Balaban J connectivity index is 2.33. The molecule has 0 radical (unpaired) electrons. The number of hydrogen-bond donors (Lipinski definition) is 1. The minimum atomic E-state index is -2.07. The Hall–Kier alpha value is -0.473. The van der Waals surface area contributed by atoms with Crippen LogP contribution in [0.3, 0.4) is 0 Å². The third-order valence-corrected chi connectivity index (χ3v) is 10.1. The van der Waals surface area contributed by atoms with Crippen LogP contribution in [-0.2, 0) is 23.4 Å². The van der Waals surface area contributed by atoms with Crippen molar-refractivity contribution in [1.82, 2.24) is 0 Å². The molecule has 2 aliphatic rings. The van der Waals surface area contributed by atoms with E-state index in [1.807, 2.05) is 0 Å². The molecule has 0 aromatic heterocycles. The van der Waals surface area contributed by atoms with Crippen LogP contribution in [0.1, 0.15) is 27.2 Å². The maximum Gasteiger partial charge on any atom is 0.335 e. The van der Waals surface area contributed by atoms with Crippen molar-refractivity contribution in [2.75, 3.05) is 14.2 Å². The molecule has 0 unspecified atom stereocenters. The van der Waals surface area contributed by atoms with Gasteiger partial charge in [-0.1, -0.05) is 20.8 Å². The summed E-state index contributed by atoms with van der Waals surface area (Å²) in [4.78, 5) is 11.9. The van der Waals surface area contributed by atoms with Crippen molar-refractivity contribution in [3.05, 3.63) is 0 Å². The Morgan fingerprint density at radius 1 is 1.26 bits per heavy atom. The van der Waals surface area contributed by atoms with Gasteiger partial charge in [-0.25, -0.2) is 4.79 Å². The van der Waals surface area contributed by atoms with Crippen molar-refractivity contribution in [1.29, 1.82) is 0 Å². The lowest BCUT2D eigenvalue weighted by atomic mass is 9.89. The van der Waals surface area contributed by atoms with E-state index in [1.165, 1.54) is 0 Å². The van der Waals surface area contributed by atoms with Crippen LogP contribution in [-0.4, -0.2) is 58.2 Å². The lowest BCUT2D eigenvalue weighted by Crippen LogP contribution is -2.50. The van der Waals surface area contributed by atoms with E-state index in [9.17, 15) is 9.90 Å². The van der Waals surface area contributed by atoms with Gasteiger partial charge in [0.1, 0.15) is 6.10 Å². The summed E-state index contributed by atoms with van der Waals surface area (Å²) in [5.74, 6) is -1.06. The van der Waals surface area contributed by atoms with Crippen LogP contribution in [0.4, 0.5) is 0 Å². The first-order valence-electron chi connectivity index (χ1n) is 8.15. The highest BCUT2D eigenvalue weighted by molar-refractivity contribution is 6.74. The van der Waals surface area contributed by atoms with Crippen LogP contribution in [0.15, 0.2) is 0 Å². The molecule has 0 aromatic rings. The van der Waals surface area contributed by atoms with Crippen molar-refractivity contribution >= 4 is 14.3 Å². The molecule has 1 aliphatic heterocycles. The molecule has 0 aromatic carbocycles. The number of carbonyl (C=O) groups excluding carboxylic acids is 1. The summed E-state index contributed by atoms with van der Waals surface area (Å²) in [6.45, 7) is 10.8. The van der Waals surface area contributed by atoms with Crippen molar-refractivity contribution in [2.45, 2.75) is 69.9 Å². The molecule has 2 fully saturated rings. The van der Waals surface area contributed by atoms with Crippen LogP contribution < -0.4 is 0 Å². The smallest absolute Gasteiger partial charge is 0.335 e. The van der Waals surface area contributed by atoms with E-state index < -0.39 is 26.7 Å². The average Bonchev–Trinajstić information content (AvgIpc) is 2.72. The van der Waals surface area contributed by atoms with Crippen LogP contribution in [0.2, 0.25) is 18.1 Å². The standard InChI is InChI=1S/C16H30O6Si/c1-16(2,3)23(6,7)22-13-10-8-9(12(17)14(18)21-10)11(13)15(19-4)20-5/h9-13,15,17H,8H2,1-7H3/t9-,10+,11+,12-,13+/m1/s1. The van der Waals surface area contributed by atoms with Crippen molar-refractivity contribution in [3.63, 3.8) is 0 Å². The molecule has 0 amide bonds. The highest BCUT2D eigenvalue weighted by Gasteiger charge is 2.59. The summed E-state index contributed by atoms with van der Waals surface area (Å²) in [5.41, 5.74) is 0. The first-order chi connectivity index (χ1) is 10.5. The number of fused-ring (bicyclic) bond motifs is 2. The Labute approximate surface area is 139 Å². The average molecular weight is 346 g/mol. The Morgan fingerprint density at radius 3 is 2.30 bits per heavy atom. The quantitative estimate of drug-likeness (QED) is 0.466. The summed E-state index contributed by atoms with van der Waals surface area (Å²) in [7, 11) is 1.06. The molecular weight excluding hydrogens is 316 g/mol. The molecule has 0 spiro atoms. The molecule has 6 nitrogen and oxygen atoms in total. The summed E-state index contributed by atoms with van der Waals surface area (Å²) in [6, 6.07) is 0. The first-order valence-corrected chi connectivity index (χ1v) is 11.1. The Morgan fingerprint density at radius 2 is 1.83 bits per heavy atom. The van der Waals surface area contributed by atoms with Gasteiger partial charge in [0.15, 0.2) is 20.7 Å². The zero-order valence-corrected chi connectivity index (χ0v) is 16.2. The van der Waals surface area contributed by atoms with E-state index in [-0.39, 0.29) is 29.1 Å². The van der Waals surface area contributed by atoms with Crippen LogP contribution in [0, 0.1) is 11.8 Å². The molecule has 2 bridgehead atoms. The Kier molecular flexibility index (Phi) is 5.28. The number of aliphatic hydroxyl groups excluding tert-OH is 1. The molecule has 1 saturated carbocycles. The second-order valence-electron chi connectivity index (χ2n) is 8.08. The highest BCUT2D eigenvalue weighted by Crippen LogP contribution is 2.48.